The Kier molecular flexibility index (Phi) is 5.46. The molecule has 0 aliphatic rings. The van der Waals surface area contributed by atoms with E-state index in [2.05, 4.69) is 5.10 Å². The molecule has 0 fully saturated rings. The molecule has 138 valence electrons. The Morgan fingerprint density at radius 1 is 1.19 bits per heavy atom. The second-order valence-corrected chi connectivity index (χ2v) is 5.56. The Bertz CT molecular complexity index is 953. The monoisotopic (exact) mass is 367 g/mol. The average Bonchev–Trinajstić information content (AvgIpc) is 3.12. The van der Waals surface area contributed by atoms with E-state index >= 15 is 0 Å². The van der Waals surface area contributed by atoms with Crippen LogP contribution in [-0.4, -0.2) is 27.3 Å². The molecule has 0 bridgehead atoms. The van der Waals surface area contributed by atoms with E-state index in [9.17, 15) is 14.9 Å². The number of nitro groups is 1. The molecule has 0 aliphatic heterocycles. The van der Waals surface area contributed by atoms with Crippen LogP contribution in [0.4, 0.5) is 5.69 Å². The molecule has 8 heteroatoms. The molecule has 3 aromatic rings. The van der Waals surface area contributed by atoms with E-state index in [0.29, 0.717) is 5.56 Å². The summed E-state index contributed by atoms with van der Waals surface area (Å²) in [6.07, 6.45) is 1.58. The normalized spacial score (nSPS) is 10.4. The van der Waals surface area contributed by atoms with Crippen LogP contribution in [0.15, 0.2) is 60.8 Å². The maximum absolute atomic E-state index is 12.2. The van der Waals surface area contributed by atoms with Gasteiger partial charge in [-0.15, -0.1) is 0 Å². The van der Waals surface area contributed by atoms with Crippen LogP contribution in [0.25, 0.3) is 5.69 Å². The number of carbonyl (C=O) groups excluding carboxylic acids is 1. The van der Waals surface area contributed by atoms with Crippen molar-refractivity contribution in [2.24, 2.45) is 0 Å². The molecule has 8 nitrogen and oxygen atoms in total. The molecule has 1 heterocycles. The first-order valence-corrected chi connectivity index (χ1v) is 8.27. The van der Waals surface area contributed by atoms with Crippen molar-refractivity contribution in [3.63, 3.8) is 0 Å². The Balaban J connectivity index is 1.87. The second kappa shape index (κ2) is 8.13. The first kappa shape index (κ1) is 18.1. The van der Waals surface area contributed by atoms with Gasteiger partial charge in [-0.2, -0.15) is 5.10 Å². The van der Waals surface area contributed by atoms with Crippen LogP contribution in [0.1, 0.15) is 23.0 Å². The average molecular weight is 367 g/mol. The van der Waals surface area contributed by atoms with Gasteiger partial charge in [-0.05, 0) is 24.6 Å². The Labute approximate surface area is 155 Å². The number of hydrogen-bond acceptors (Lipinski definition) is 6. The van der Waals surface area contributed by atoms with Crippen LogP contribution in [0.3, 0.4) is 0 Å². The number of nitro benzene ring substituents is 1. The molecule has 1 aromatic heterocycles. The van der Waals surface area contributed by atoms with Gasteiger partial charge in [-0.25, -0.2) is 9.48 Å². The third-order valence-electron chi connectivity index (χ3n) is 3.69. The number of rotatable bonds is 7. The molecular weight excluding hydrogens is 350 g/mol. The summed E-state index contributed by atoms with van der Waals surface area (Å²) in [6.45, 7) is 1.96. The molecule has 0 amide bonds. The van der Waals surface area contributed by atoms with Crippen molar-refractivity contribution < 1.29 is 19.2 Å². The highest BCUT2D eigenvalue weighted by Gasteiger charge is 2.20. The molecule has 0 spiro atoms. The van der Waals surface area contributed by atoms with E-state index in [1.54, 1.807) is 25.3 Å². The number of aromatic nitrogens is 2. The fourth-order valence-electron chi connectivity index (χ4n) is 2.44. The van der Waals surface area contributed by atoms with Crippen molar-refractivity contribution in [3.8, 4) is 11.4 Å². The van der Waals surface area contributed by atoms with Gasteiger partial charge in [0.15, 0.2) is 5.75 Å². The molecule has 0 saturated carbocycles. The van der Waals surface area contributed by atoms with Crippen molar-refractivity contribution in [2.45, 2.75) is 13.5 Å². The third kappa shape index (κ3) is 4.30. The van der Waals surface area contributed by atoms with Gasteiger partial charge < -0.3 is 9.47 Å². The van der Waals surface area contributed by atoms with E-state index in [-0.39, 0.29) is 30.3 Å². The quantitative estimate of drug-likeness (QED) is 0.360. The van der Waals surface area contributed by atoms with E-state index < -0.39 is 10.9 Å². The number of benzene rings is 2. The predicted molar refractivity (Wildman–Crippen MR) is 96.9 cm³/mol. The highest BCUT2D eigenvalue weighted by molar-refractivity contribution is 5.90. The highest BCUT2D eigenvalue weighted by Crippen LogP contribution is 2.23. The Morgan fingerprint density at radius 3 is 2.67 bits per heavy atom. The van der Waals surface area contributed by atoms with Crippen molar-refractivity contribution in [1.29, 1.82) is 0 Å². The van der Waals surface area contributed by atoms with Crippen LogP contribution in [-0.2, 0) is 11.3 Å². The van der Waals surface area contributed by atoms with E-state index in [4.69, 9.17) is 9.47 Å². The summed E-state index contributed by atoms with van der Waals surface area (Å²) in [7, 11) is 0. The largest absolute Gasteiger partial charge is 0.485 e. The zero-order chi connectivity index (χ0) is 19.2. The number of hydrogen-bond donors (Lipinski definition) is 0. The van der Waals surface area contributed by atoms with Gasteiger partial charge in [-0.3, -0.25) is 10.1 Å². The minimum atomic E-state index is -0.596. The topological polar surface area (TPSA) is 96.5 Å². The lowest BCUT2D eigenvalue weighted by Gasteiger charge is -2.06. The van der Waals surface area contributed by atoms with Crippen LogP contribution >= 0.6 is 0 Å². The van der Waals surface area contributed by atoms with Crippen molar-refractivity contribution in [3.05, 3.63) is 82.2 Å². The van der Waals surface area contributed by atoms with Gasteiger partial charge in [0.25, 0.3) is 5.69 Å². The lowest BCUT2D eigenvalue weighted by Crippen LogP contribution is -2.08. The van der Waals surface area contributed by atoms with E-state index in [1.165, 1.54) is 16.8 Å². The maximum Gasteiger partial charge on any atom is 0.362 e. The Morgan fingerprint density at radius 2 is 1.96 bits per heavy atom. The fraction of sp³-hybridized carbons (Fsp3) is 0.158. The van der Waals surface area contributed by atoms with Gasteiger partial charge in [0.1, 0.15) is 6.61 Å². The molecule has 0 unspecified atom stereocenters. The summed E-state index contributed by atoms with van der Waals surface area (Å²) in [5.74, 6) is -0.356. The van der Waals surface area contributed by atoms with Crippen LogP contribution in [0.5, 0.6) is 5.75 Å². The number of ether oxygens (including phenoxy) is 2. The number of non-ortho nitro benzene ring substituents is 1. The smallest absolute Gasteiger partial charge is 0.362 e. The van der Waals surface area contributed by atoms with Gasteiger partial charge in [0, 0.05) is 12.1 Å². The first-order chi connectivity index (χ1) is 13.1. The molecule has 3 rings (SSSR count). The number of carbonyl (C=O) groups is 1. The lowest BCUT2D eigenvalue weighted by atomic mass is 10.2. The number of para-hydroxylation sites is 1. The van der Waals surface area contributed by atoms with Gasteiger partial charge in [0.05, 0.1) is 23.4 Å². The molecule has 0 N–H and O–H groups in total. The predicted octanol–water partition coefficient (Wildman–Crippen LogP) is 3.54. The van der Waals surface area contributed by atoms with Gasteiger partial charge in [-0.1, -0.05) is 30.3 Å². The molecule has 0 aliphatic carbocycles. The summed E-state index contributed by atoms with van der Waals surface area (Å²) in [6, 6.07) is 15.4. The van der Waals surface area contributed by atoms with Crippen LogP contribution < -0.4 is 4.74 Å². The molecule has 0 saturated heterocycles. The zero-order valence-corrected chi connectivity index (χ0v) is 14.6. The summed E-state index contributed by atoms with van der Waals surface area (Å²) >= 11 is 0. The first-order valence-electron chi connectivity index (χ1n) is 8.27. The van der Waals surface area contributed by atoms with Crippen LogP contribution in [0.2, 0.25) is 0 Å². The molecule has 0 atom stereocenters. The Hall–Kier alpha value is -3.68. The summed E-state index contributed by atoms with van der Waals surface area (Å²) < 4.78 is 12.3. The van der Waals surface area contributed by atoms with Gasteiger partial charge >= 0.3 is 5.97 Å². The molecule has 2 aromatic carbocycles. The minimum Gasteiger partial charge on any atom is -0.485 e. The SMILES string of the molecule is CCOC(=O)c1nn(-c2ccccc2)cc1OCc1cccc([N+](=O)[O-])c1. The zero-order valence-electron chi connectivity index (χ0n) is 14.6. The minimum absolute atomic E-state index is 0.0262. The number of esters is 1. The van der Waals surface area contributed by atoms with Gasteiger partial charge in [0.2, 0.25) is 5.69 Å². The third-order valence-corrected chi connectivity index (χ3v) is 3.69. The molecule has 0 radical (unpaired) electrons. The summed E-state index contributed by atoms with van der Waals surface area (Å²) in [5, 5.41) is 15.2. The molecular formula is C19H17N3O5. The maximum atomic E-state index is 12.2. The molecule has 27 heavy (non-hydrogen) atoms. The summed E-state index contributed by atoms with van der Waals surface area (Å²) in [5.41, 5.74) is 1.38. The van der Waals surface area contributed by atoms with Crippen molar-refractivity contribution in [1.82, 2.24) is 9.78 Å². The van der Waals surface area contributed by atoms with E-state index in [0.717, 1.165) is 5.69 Å². The van der Waals surface area contributed by atoms with Crippen molar-refractivity contribution >= 4 is 11.7 Å². The highest BCUT2D eigenvalue weighted by atomic mass is 16.6. The van der Waals surface area contributed by atoms with E-state index in [1.807, 2.05) is 30.3 Å². The standard InChI is InChI=1S/C19H17N3O5/c1-2-26-19(23)18-17(12-21(20-18)15-8-4-3-5-9-15)27-13-14-7-6-10-16(11-14)22(24)25/h3-12H,2,13H2,1H3. The second-order valence-electron chi connectivity index (χ2n) is 5.56. The summed E-state index contributed by atoms with van der Waals surface area (Å²) in [4.78, 5) is 22.6. The van der Waals surface area contributed by atoms with Crippen molar-refractivity contribution in [2.75, 3.05) is 6.61 Å². The number of nitrogens with zero attached hydrogens (tertiary/aromatic N) is 3. The lowest BCUT2D eigenvalue weighted by molar-refractivity contribution is -0.384. The van der Waals surface area contributed by atoms with Crippen LogP contribution in [0, 0.1) is 10.1 Å². The fourth-order valence-corrected chi connectivity index (χ4v) is 2.44.